The fourth-order valence-corrected chi connectivity index (χ4v) is 3.61. The van der Waals surface area contributed by atoms with Gasteiger partial charge in [-0.05, 0) is 48.4 Å². The Kier molecular flexibility index (Phi) is 6.81. The first-order valence-electron chi connectivity index (χ1n) is 9.71. The Bertz CT molecular complexity index is 997. The lowest BCUT2D eigenvalue weighted by Gasteiger charge is -2.25. The highest BCUT2D eigenvalue weighted by Gasteiger charge is 2.46. The number of rotatable bonds is 8. The summed E-state index contributed by atoms with van der Waals surface area (Å²) in [5, 5.41) is 21.0. The summed E-state index contributed by atoms with van der Waals surface area (Å²) in [7, 11) is 4.49. The largest absolute Gasteiger partial charge is 0.507 e. The molecule has 2 aromatic carbocycles. The smallest absolute Gasteiger partial charge is 0.295 e. The van der Waals surface area contributed by atoms with Crippen LogP contribution in [0.4, 0.5) is 0 Å². The zero-order chi connectivity index (χ0) is 22.5. The van der Waals surface area contributed by atoms with Crippen LogP contribution in [0.25, 0.3) is 5.76 Å². The second-order valence-corrected chi connectivity index (χ2v) is 7.00. The number of carbonyl (C=O) groups is 2. The average molecular weight is 427 g/mol. The summed E-state index contributed by atoms with van der Waals surface area (Å²) < 4.78 is 15.4. The topological polar surface area (TPSA) is 106 Å². The number of ether oxygens (including phenoxy) is 3. The number of hydrogen-bond donors (Lipinski definition) is 2. The number of aromatic hydroxyl groups is 1. The van der Waals surface area contributed by atoms with Gasteiger partial charge in [-0.3, -0.25) is 9.59 Å². The molecule has 1 heterocycles. The van der Waals surface area contributed by atoms with Gasteiger partial charge in [0.05, 0.1) is 25.8 Å². The minimum Gasteiger partial charge on any atom is -0.507 e. The number of methoxy groups -OCH3 is 3. The standard InChI is InChI=1S/C23H25NO7/c1-29-12-4-11-24-20(15-7-10-17(25)18(13-15)31-3)19(22(27)23(24)28)21(26)14-5-8-16(30-2)9-6-14/h5-10,13,20,25-26H,4,11-12H2,1-3H3/b21-19+/t20-/m1/s1. The number of hydrogen-bond acceptors (Lipinski definition) is 7. The second kappa shape index (κ2) is 9.53. The number of phenolic OH excluding ortho intramolecular Hbond substituents is 1. The molecule has 0 radical (unpaired) electrons. The Morgan fingerprint density at radius 1 is 1.03 bits per heavy atom. The monoisotopic (exact) mass is 427 g/mol. The van der Waals surface area contributed by atoms with E-state index in [0.29, 0.717) is 29.9 Å². The maximum Gasteiger partial charge on any atom is 0.295 e. The zero-order valence-electron chi connectivity index (χ0n) is 17.6. The van der Waals surface area contributed by atoms with Gasteiger partial charge in [0.2, 0.25) is 0 Å². The van der Waals surface area contributed by atoms with Gasteiger partial charge in [-0.2, -0.15) is 0 Å². The molecule has 1 aliphatic rings. The van der Waals surface area contributed by atoms with Gasteiger partial charge in [-0.15, -0.1) is 0 Å². The average Bonchev–Trinajstić information content (AvgIpc) is 3.04. The van der Waals surface area contributed by atoms with Crippen molar-refractivity contribution in [1.82, 2.24) is 4.90 Å². The summed E-state index contributed by atoms with van der Waals surface area (Å²) in [6, 6.07) is 10.3. The van der Waals surface area contributed by atoms with E-state index >= 15 is 0 Å². The first-order valence-corrected chi connectivity index (χ1v) is 9.71. The van der Waals surface area contributed by atoms with E-state index in [4.69, 9.17) is 14.2 Å². The summed E-state index contributed by atoms with van der Waals surface area (Å²) in [5.74, 6) is -1.04. The van der Waals surface area contributed by atoms with E-state index in [-0.39, 0.29) is 29.4 Å². The van der Waals surface area contributed by atoms with Crippen LogP contribution >= 0.6 is 0 Å². The van der Waals surface area contributed by atoms with Crippen molar-refractivity contribution >= 4 is 17.4 Å². The fourth-order valence-electron chi connectivity index (χ4n) is 3.61. The van der Waals surface area contributed by atoms with E-state index < -0.39 is 17.7 Å². The van der Waals surface area contributed by atoms with Crippen LogP contribution in [-0.2, 0) is 14.3 Å². The molecule has 8 heteroatoms. The van der Waals surface area contributed by atoms with Crippen LogP contribution in [-0.4, -0.2) is 61.3 Å². The van der Waals surface area contributed by atoms with Crippen LogP contribution in [0.15, 0.2) is 48.0 Å². The molecule has 164 valence electrons. The molecule has 0 spiro atoms. The lowest BCUT2D eigenvalue weighted by molar-refractivity contribution is -0.140. The zero-order valence-corrected chi connectivity index (χ0v) is 17.6. The van der Waals surface area contributed by atoms with E-state index in [1.54, 1.807) is 43.5 Å². The molecule has 0 saturated carbocycles. The van der Waals surface area contributed by atoms with Gasteiger partial charge >= 0.3 is 0 Å². The van der Waals surface area contributed by atoms with Crippen LogP contribution in [0, 0.1) is 0 Å². The predicted molar refractivity (Wildman–Crippen MR) is 113 cm³/mol. The van der Waals surface area contributed by atoms with Crippen molar-refractivity contribution in [2.75, 3.05) is 34.5 Å². The van der Waals surface area contributed by atoms with Gasteiger partial charge in [0.25, 0.3) is 11.7 Å². The Hall–Kier alpha value is -3.52. The number of Topliss-reactive ketones (excluding diaryl/α,β-unsaturated/α-hetero) is 1. The molecular weight excluding hydrogens is 402 g/mol. The quantitative estimate of drug-likeness (QED) is 0.289. The van der Waals surface area contributed by atoms with Gasteiger partial charge in [0.15, 0.2) is 11.5 Å². The van der Waals surface area contributed by atoms with Crippen LogP contribution in [0.3, 0.4) is 0 Å². The van der Waals surface area contributed by atoms with Crippen molar-refractivity contribution in [3.63, 3.8) is 0 Å². The number of likely N-dealkylation sites (tertiary alicyclic amines) is 1. The maximum atomic E-state index is 12.9. The first-order chi connectivity index (χ1) is 14.9. The van der Waals surface area contributed by atoms with Crippen molar-refractivity contribution in [3.05, 3.63) is 59.2 Å². The highest BCUT2D eigenvalue weighted by Crippen LogP contribution is 2.41. The van der Waals surface area contributed by atoms with Crippen LogP contribution in [0.1, 0.15) is 23.6 Å². The number of phenols is 1. The highest BCUT2D eigenvalue weighted by atomic mass is 16.5. The maximum absolute atomic E-state index is 12.9. The summed E-state index contributed by atoms with van der Waals surface area (Å²) in [6.45, 7) is 0.665. The molecule has 1 fully saturated rings. The third kappa shape index (κ3) is 4.34. The molecule has 0 aromatic heterocycles. The second-order valence-electron chi connectivity index (χ2n) is 7.00. The van der Waals surface area contributed by atoms with E-state index in [0.717, 1.165) is 0 Å². The van der Waals surface area contributed by atoms with Gasteiger partial charge in [-0.1, -0.05) is 6.07 Å². The van der Waals surface area contributed by atoms with E-state index in [1.165, 1.54) is 25.2 Å². The highest BCUT2D eigenvalue weighted by molar-refractivity contribution is 6.46. The van der Waals surface area contributed by atoms with Crippen molar-refractivity contribution in [2.45, 2.75) is 12.5 Å². The molecule has 2 aromatic rings. The molecule has 0 bridgehead atoms. The number of aliphatic hydroxyl groups is 1. The Labute approximate surface area is 180 Å². The molecule has 1 aliphatic heterocycles. The third-order valence-electron chi connectivity index (χ3n) is 5.17. The molecule has 1 amide bonds. The number of amides is 1. The number of aliphatic hydroxyl groups excluding tert-OH is 1. The minimum atomic E-state index is -0.839. The third-order valence-corrected chi connectivity index (χ3v) is 5.17. The first kappa shape index (κ1) is 22.2. The summed E-state index contributed by atoms with van der Waals surface area (Å²) in [6.07, 6.45) is 0.512. The molecule has 31 heavy (non-hydrogen) atoms. The SMILES string of the molecule is COCCCN1C(=O)C(=O)/C(=C(/O)c2ccc(OC)cc2)[C@H]1c1ccc(O)c(OC)c1. The molecule has 1 atom stereocenters. The lowest BCUT2D eigenvalue weighted by atomic mass is 9.95. The van der Waals surface area contributed by atoms with Gasteiger partial charge in [-0.25, -0.2) is 0 Å². The molecule has 2 N–H and O–H groups in total. The summed E-state index contributed by atoms with van der Waals surface area (Å²) in [4.78, 5) is 27.2. The lowest BCUT2D eigenvalue weighted by Crippen LogP contribution is -2.31. The van der Waals surface area contributed by atoms with Gasteiger partial charge < -0.3 is 29.3 Å². The number of benzene rings is 2. The van der Waals surface area contributed by atoms with Crippen LogP contribution in [0.2, 0.25) is 0 Å². The Morgan fingerprint density at radius 2 is 1.74 bits per heavy atom. The van der Waals surface area contributed by atoms with Crippen LogP contribution < -0.4 is 9.47 Å². The molecule has 1 saturated heterocycles. The summed E-state index contributed by atoms with van der Waals surface area (Å²) >= 11 is 0. The van der Waals surface area contributed by atoms with Crippen molar-refractivity contribution in [2.24, 2.45) is 0 Å². The molecule has 0 unspecified atom stereocenters. The van der Waals surface area contributed by atoms with E-state index in [1.807, 2.05) is 0 Å². The Morgan fingerprint density at radius 3 is 2.35 bits per heavy atom. The van der Waals surface area contributed by atoms with Crippen molar-refractivity contribution in [3.8, 4) is 17.2 Å². The van der Waals surface area contributed by atoms with Crippen molar-refractivity contribution in [1.29, 1.82) is 0 Å². The van der Waals surface area contributed by atoms with Gasteiger partial charge in [0, 0.05) is 25.8 Å². The molecular formula is C23H25NO7. The summed E-state index contributed by atoms with van der Waals surface area (Å²) in [5.41, 5.74) is 0.882. The Balaban J connectivity index is 2.13. The number of nitrogens with zero attached hydrogens (tertiary/aromatic N) is 1. The molecule has 8 nitrogen and oxygen atoms in total. The van der Waals surface area contributed by atoms with Crippen molar-refractivity contribution < 1.29 is 34.0 Å². The van der Waals surface area contributed by atoms with Crippen LogP contribution in [0.5, 0.6) is 17.2 Å². The van der Waals surface area contributed by atoms with E-state index in [9.17, 15) is 19.8 Å². The number of carbonyl (C=O) groups excluding carboxylic acids is 2. The minimum absolute atomic E-state index is 0.0275. The van der Waals surface area contributed by atoms with E-state index in [2.05, 4.69) is 0 Å². The van der Waals surface area contributed by atoms with Gasteiger partial charge in [0.1, 0.15) is 11.5 Å². The number of ketones is 1. The molecule has 3 rings (SSSR count). The fraction of sp³-hybridized carbons (Fsp3) is 0.304. The predicted octanol–water partition coefficient (Wildman–Crippen LogP) is 2.87. The molecule has 0 aliphatic carbocycles. The normalized spacial score (nSPS) is 17.8.